The van der Waals surface area contributed by atoms with Gasteiger partial charge in [0, 0.05) is 6.42 Å². The van der Waals surface area contributed by atoms with E-state index in [2.05, 4.69) is 4.74 Å². The third kappa shape index (κ3) is 2.34. The van der Waals surface area contributed by atoms with Crippen LogP contribution in [-0.4, -0.2) is 36.4 Å². The second kappa shape index (κ2) is 3.69. The fraction of sp³-hybridized carbons (Fsp3) is 1.00. The molecule has 1 fully saturated rings. The minimum atomic E-state index is -6.52. The molecule has 1 nitrogen and oxygen atoms in total. The maximum Gasteiger partial charge on any atom is 0.460 e. The van der Waals surface area contributed by atoms with Crippen molar-refractivity contribution in [2.45, 2.75) is 43.1 Å². The lowest BCUT2D eigenvalue weighted by atomic mass is 9.89. The molecule has 9 heteroatoms. The standard InChI is InChI=1S/C8H8F8O/c1-5(9,2-4-3-17-4)6(10,11)7(12,13)8(14,15)16/h4H,2-3H2,1H3. The molecule has 0 aromatic heterocycles. The monoisotopic (exact) mass is 272 g/mol. The van der Waals surface area contributed by atoms with Gasteiger partial charge in [-0.2, -0.15) is 30.7 Å². The first-order valence-electron chi connectivity index (χ1n) is 4.46. The van der Waals surface area contributed by atoms with Crippen LogP contribution in [0.5, 0.6) is 0 Å². The molecular formula is C8H8F8O. The molecule has 0 spiro atoms. The summed E-state index contributed by atoms with van der Waals surface area (Å²) in [7, 11) is 0. The number of hydrogen-bond acceptors (Lipinski definition) is 1. The topological polar surface area (TPSA) is 12.5 Å². The number of halogens is 8. The largest absolute Gasteiger partial charge is 0.460 e. The fourth-order valence-corrected chi connectivity index (χ4v) is 1.25. The van der Waals surface area contributed by atoms with Crippen molar-refractivity contribution in [3.05, 3.63) is 0 Å². The van der Waals surface area contributed by atoms with E-state index in [1.54, 1.807) is 0 Å². The van der Waals surface area contributed by atoms with Crippen molar-refractivity contribution in [3.63, 3.8) is 0 Å². The van der Waals surface area contributed by atoms with Crippen LogP contribution in [0.4, 0.5) is 35.1 Å². The lowest BCUT2D eigenvalue weighted by molar-refractivity contribution is -0.378. The number of epoxide rings is 1. The van der Waals surface area contributed by atoms with Gasteiger partial charge in [-0.1, -0.05) is 0 Å². The van der Waals surface area contributed by atoms with Crippen molar-refractivity contribution >= 4 is 0 Å². The van der Waals surface area contributed by atoms with Gasteiger partial charge in [-0.3, -0.25) is 0 Å². The van der Waals surface area contributed by atoms with E-state index in [1.807, 2.05) is 0 Å². The van der Waals surface area contributed by atoms with Crippen molar-refractivity contribution < 1.29 is 39.9 Å². The van der Waals surface area contributed by atoms with E-state index in [9.17, 15) is 35.1 Å². The molecule has 1 rings (SSSR count). The van der Waals surface area contributed by atoms with Crippen molar-refractivity contribution in [1.82, 2.24) is 0 Å². The lowest BCUT2D eigenvalue weighted by Crippen LogP contribution is -2.61. The van der Waals surface area contributed by atoms with Gasteiger partial charge in [-0.05, 0) is 6.92 Å². The van der Waals surface area contributed by atoms with E-state index in [-0.39, 0.29) is 13.5 Å². The molecule has 0 saturated carbocycles. The molecule has 1 aliphatic heterocycles. The fourth-order valence-electron chi connectivity index (χ4n) is 1.25. The Hall–Kier alpha value is -0.600. The summed E-state index contributed by atoms with van der Waals surface area (Å²) in [5, 5.41) is 0. The van der Waals surface area contributed by atoms with Crippen LogP contribution < -0.4 is 0 Å². The van der Waals surface area contributed by atoms with E-state index >= 15 is 0 Å². The maximum atomic E-state index is 13.4. The van der Waals surface area contributed by atoms with E-state index in [1.165, 1.54) is 0 Å². The van der Waals surface area contributed by atoms with Crippen LogP contribution in [0.1, 0.15) is 13.3 Å². The van der Waals surface area contributed by atoms with Gasteiger partial charge < -0.3 is 4.74 Å². The predicted octanol–water partition coefficient (Wildman–Crippen LogP) is 3.34. The third-order valence-corrected chi connectivity index (χ3v) is 2.42. The highest BCUT2D eigenvalue weighted by atomic mass is 19.4. The Labute approximate surface area is 90.7 Å². The molecule has 2 unspecified atom stereocenters. The van der Waals surface area contributed by atoms with E-state index in [4.69, 9.17) is 0 Å². The smallest absolute Gasteiger partial charge is 0.373 e. The van der Waals surface area contributed by atoms with E-state index < -0.39 is 36.2 Å². The second-order valence-corrected chi connectivity index (χ2v) is 4.00. The Morgan fingerprint density at radius 2 is 1.35 bits per heavy atom. The number of alkyl halides is 8. The summed E-state index contributed by atoms with van der Waals surface area (Å²) in [5.74, 6) is -12.3. The van der Waals surface area contributed by atoms with Gasteiger partial charge in [0.2, 0.25) is 0 Å². The Balaban J connectivity index is 2.98. The number of hydrogen-bond donors (Lipinski definition) is 0. The van der Waals surface area contributed by atoms with Gasteiger partial charge in [-0.25, -0.2) is 4.39 Å². The average Bonchev–Trinajstić information content (AvgIpc) is 2.84. The summed E-state index contributed by atoms with van der Waals surface area (Å²) >= 11 is 0. The van der Waals surface area contributed by atoms with Crippen molar-refractivity contribution in [2.24, 2.45) is 0 Å². The number of ether oxygens (including phenoxy) is 1. The molecule has 1 saturated heterocycles. The lowest BCUT2D eigenvalue weighted by Gasteiger charge is -2.36. The van der Waals surface area contributed by atoms with Crippen LogP contribution in [0.15, 0.2) is 0 Å². The summed E-state index contributed by atoms with van der Waals surface area (Å²) in [6.45, 7) is -0.124. The highest BCUT2D eigenvalue weighted by Crippen LogP contribution is 2.54. The van der Waals surface area contributed by atoms with Crippen LogP contribution in [-0.2, 0) is 4.74 Å². The van der Waals surface area contributed by atoms with Crippen LogP contribution in [0.2, 0.25) is 0 Å². The van der Waals surface area contributed by atoms with Crippen LogP contribution in [0.25, 0.3) is 0 Å². The van der Waals surface area contributed by atoms with Crippen LogP contribution in [0, 0.1) is 0 Å². The minimum Gasteiger partial charge on any atom is -0.373 e. The van der Waals surface area contributed by atoms with Gasteiger partial charge in [-0.15, -0.1) is 0 Å². The summed E-state index contributed by atoms with van der Waals surface area (Å²) in [4.78, 5) is 0. The highest BCUT2D eigenvalue weighted by molar-refractivity contribution is 5.04. The summed E-state index contributed by atoms with van der Waals surface area (Å²) < 4.78 is 104. The van der Waals surface area contributed by atoms with Gasteiger partial charge in [0.25, 0.3) is 0 Å². The third-order valence-electron chi connectivity index (χ3n) is 2.42. The van der Waals surface area contributed by atoms with E-state index in [0.29, 0.717) is 0 Å². The van der Waals surface area contributed by atoms with Gasteiger partial charge >= 0.3 is 18.0 Å². The van der Waals surface area contributed by atoms with Crippen molar-refractivity contribution in [1.29, 1.82) is 0 Å². The Morgan fingerprint density at radius 1 is 0.941 bits per heavy atom. The normalized spacial score (nSPS) is 25.6. The van der Waals surface area contributed by atoms with E-state index in [0.717, 1.165) is 0 Å². The molecule has 0 amide bonds. The quantitative estimate of drug-likeness (QED) is 0.565. The Bertz CT molecular complexity index is 290. The molecule has 0 aliphatic carbocycles. The average molecular weight is 272 g/mol. The molecule has 17 heavy (non-hydrogen) atoms. The molecule has 0 radical (unpaired) electrons. The van der Waals surface area contributed by atoms with Crippen LogP contribution in [0.3, 0.4) is 0 Å². The Kier molecular flexibility index (Phi) is 3.14. The van der Waals surface area contributed by atoms with Crippen LogP contribution >= 0.6 is 0 Å². The number of rotatable bonds is 4. The highest BCUT2D eigenvalue weighted by Gasteiger charge is 2.79. The predicted molar refractivity (Wildman–Crippen MR) is 39.8 cm³/mol. The molecule has 0 bridgehead atoms. The first-order valence-corrected chi connectivity index (χ1v) is 4.46. The molecule has 0 aromatic carbocycles. The van der Waals surface area contributed by atoms with Gasteiger partial charge in [0.15, 0.2) is 5.67 Å². The zero-order valence-corrected chi connectivity index (χ0v) is 8.42. The Morgan fingerprint density at radius 3 is 1.65 bits per heavy atom. The molecule has 1 aliphatic rings. The molecule has 0 aromatic rings. The first kappa shape index (κ1) is 14.5. The minimum absolute atomic E-state index is 0.00826. The molecular weight excluding hydrogens is 264 g/mol. The molecule has 0 N–H and O–H groups in total. The zero-order chi connectivity index (χ0) is 13.7. The summed E-state index contributed by atoms with van der Waals surface area (Å²) in [6.07, 6.45) is -8.78. The molecule has 1 heterocycles. The second-order valence-electron chi connectivity index (χ2n) is 4.00. The van der Waals surface area contributed by atoms with Crippen molar-refractivity contribution in [3.8, 4) is 0 Å². The van der Waals surface area contributed by atoms with Gasteiger partial charge in [0.1, 0.15) is 0 Å². The van der Waals surface area contributed by atoms with Gasteiger partial charge in [0.05, 0.1) is 12.7 Å². The summed E-state index contributed by atoms with van der Waals surface area (Å²) in [5.41, 5.74) is -4.01. The molecule has 2 atom stereocenters. The SMILES string of the molecule is CC(F)(CC1CO1)C(F)(F)C(F)(F)C(F)(F)F. The summed E-state index contributed by atoms with van der Waals surface area (Å²) in [6, 6.07) is 0. The maximum absolute atomic E-state index is 13.4. The van der Waals surface area contributed by atoms with Crippen molar-refractivity contribution in [2.75, 3.05) is 6.61 Å². The zero-order valence-electron chi connectivity index (χ0n) is 8.42. The first-order chi connectivity index (χ1) is 7.33. The molecule has 102 valence electrons.